The molecule has 0 aliphatic carbocycles. The predicted octanol–water partition coefficient (Wildman–Crippen LogP) is 3.11. The van der Waals surface area contributed by atoms with Crippen LogP contribution in [0.25, 0.3) is 11.3 Å². The number of aromatic nitrogens is 1. The van der Waals surface area contributed by atoms with Gasteiger partial charge in [-0.05, 0) is 13.0 Å². The first kappa shape index (κ1) is 10.9. The fourth-order valence-electron chi connectivity index (χ4n) is 1.38. The topological polar surface area (TPSA) is 63.3 Å². The van der Waals surface area contributed by atoms with E-state index in [1.54, 1.807) is 6.92 Å². The molecule has 0 saturated heterocycles. The Morgan fingerprint density at radius 3 is 2.69 bits per heavy atom. The minimum Gasteiger partial charge on any atom is -0.474 e. The van der Waals surface area contributed by atoms with Crippen molar-refractivity contribution in [2.24, 2.45) is 0 Å². The molecule has 0 radical (unpaired) electrons. The number of hydrogen-bond donors (Lipinski definition) is 1. The molecule has 0 aliphatic rings. The molecule has 1 aromatic carbocycles. The minimum absolute atomic E-state index is 0.289. The summed E-state index contributed by atoms with van der Waals surface area (Å²) in [4.78, 5) is 14.6. The quantitative estimate of drug-likeness (QED) is 0.919. The highest BCUT2D eigenvalue weighted by atomic mass is 79.9. The Morgan fingerprint density at radius 1 is 1.44 bits per heavy atom. The second-order valence-electron chi connectivity index (χ2n) is 3.22. The van der Waals surface area contributed by atoms with Gasteiger partial charge in [-0.25, -0.2) is 9.78 Å². The van der Waals surface area contributed by atoms with Gasteiger partial charge in [-0.2, -0.15) is 0 Å². The molecule has 1 aromatic heterocycles. The number of nitrogens with zero attached hydrogens (tertiary/aromatic N) is 1. The molecule has 4 nitrogen and oxygen atoms in total. The van der Waals surface area contributed by atoms with Crippen molar-refractivity contribution in [3.05, 3.63) is 40.3 Å². The lowest BCUT2D eigenvalue weighted by Gasteiger charge is -1.99. The summed E-state index contributed by atoms with van der Waals surface area (Å²) >= 11 is 3.38. The van der Waals surface area contributed by atoms with Crippen LogP contribution in [0, 0.1) is 6.92 Å². The number of halogens is 1. The lowest BCUT2D eigenvalue weighted by Crippen LogP contribution is -1.95. The second kappa shape index (κ2) is 4.09. The van der Waals surface area contributed by atoms with E-state index in [-0.39, 0.29) is 5.89 Å². The average molecular weight is 282 g/mol. The van der Waals surface area contributed by atoms with E-state index in [2.05, 4.69) is 20.9 Å². The Balaban J connectivity index is 2.57. The third-order valence-corrected chi connectivity index (χ3v) is 2.79. The fourth-order valence-corrected chi connectivity index (χ4v) is 1.85. The Labute approximate surface area is 100 Å². The van der Waals surface area contributed by atoms with Crippen LogP contribution in [0.4, 0.5) is 0 Å². The summed E-state index contributed by atoms with van der Waals surface area (Å²) in [6.07, 6.45) is 0. The molecule has 1 N–H and O–H groups in total. The third-order valence-electron chi connectivity index (χ3n) is 2.10. The molecule has 1 heterocycles. The SMILES string of the molecule is Cc1nc(C(=O)O)oc1-c1ccccc1Br. The molecule has 2 aromatic rings. The first-order valence-corrected chi connectivity index (χ1v) is 5.34. The molecule has 0 aliphatic heterocycles. The monoisotopic (exact) mass is 281 g/mol. The molecule has 0 bridgehead atoms. The van der Waals surface area contributed by atoms with Crippen molar-refractivity contribution in [3.63, 3.8) is 0 Å². The van der Waals surface area contributed by atoms with E-state index >= 15 is 0 Å². The van der Waals surface area contributed by atoms with E-state index in [9.17, 15) is 4.79 Å². The van der Waals surface area contributed by atoms with Crippen molar-refractivity contribution in [2.45, 2.75) is 6.92 Å². The van der Waals surface area contributed by atoms with Crippen LogP contribution in [0.3, 0.4) is 0 Å². The Kier molecular flexibility index (Phi) is 2.78. The van der Waals surface area contributed by atoms with Gasteiger partial charge in [0.15, 0.2) is 5.76 Å². The number of hydrogen-bond acceptors (Lipinski definition) is 3. The van der Waals surface area contributed by atoms with Gasteiger partial charge in [-0.3, -0.25) is 0 Å². The lowest BCUT2D eigenvalue weighted by atomic mass is 10.1. The number of carboxylic acid groups (broad SMARTS) is 1. The molecule has 2 rings (SSSR count). The predicted molar refractivity (Wildman–Crippen MR) is 61.3 cm³/mol. The molecule has 0 atom stereocenters. The van der Waals surface area contributed by atoms with Gasteiger partial charge < -0.3 is 9.52 Å². The second-order valence-corrected chi connectivity index (χ2v) is 4.07. The van der Waals surface area contributed by atoms with Crippen LogP contribution in [0.15, 0.2) is 33.2 Å². The zero-order valence-corrected chi connectivity index (χ0v) is 9.98. The van der Waals surface area contributed by atoms with Crippen LogP contribution in [0.5, 0.6) is 0 Å². The summed E-state index contributed by atoms with van der Waals surface area (Å²) in [6.45, 7) is 1.71. The maximum atomic E-state index is 10.7. The molecule has 0 unspecified atom stereocenters. The van der Waals surface area contributed by atoms with Crippen molar-refractivity contribution < 1.29 is 14.3 Å². The molecule has 0 saturated carbocycles. The van der Waals surface area contributed by atoms with Crippen LogP contribution >= 0.6 is 15.9 Å². The maximum absolute atomic E-state index is 10.7. The zero-order chi connectivity index (χ0) is 11.7. The Morgan fingerprint density at radius 2 is 2.12 bits per heavy atom. The number of benzene rings is 1. The highest BCUT2D eigenvalue weighted by Crippen LogP contribution is 2.30. The average Bonchev–Trinajstić information content (AvgIpc) is 2.61. The van der Waals surface area contributed by atoms with Crippen molar-refractivity contribution in [1.29, 1.82) is 0 Å². The van der Waals surface area contributed by atoms with E-state index in [4.69, 9.17) is 9.52 Å². The molecular formula is C11H8BrNO3. The molecule has 82 valence electrons. The highest BCUT2D eigenvalue weighted by Gasteiger charge is 2.17. The standard InChI is InChI=1S/C11H8BrNO3/c1-6-9(16-10(13-6)11(14)15)7-4-2-3-5-8(7)12/h2-5H,1H3,(H,14,15). The lowest BCUT2D eigenvalue weighted by molar-refractivity contribution is 0.0654. The van der Waals surface area contributed by atoms with E-state index in [0.29, 0.717) is 11.5 Å². The number of oxazole rings is 1. The van der Waals surface area contributed by atoms with Crippen LogP contribution in [0.2, 0.25) is 0 Å². The first-order valence-electron chi connectivity index (χ1n) is 4.55. The largest absolute Gasteiger partial charge is 0.474 e. The van der Waals surface area contributed by atoms with E-state index in [1.165, 1.54) is 0 Å². The van der Waals surface area contributed by atoms with Gasteiger partial charge in [0.05, 0.1) is 5.69 Å². The normalized spacial score (nSPS) is 10.4. The van der Waals surface area contributed by atoms with E-state index in [1.807, 2.05) is 24.3 Å². The van der Waals surface area contributed by atoms with Gasteiger partial charge in [0.2, 0.25) is 0 Å². The van der Waals surface area contributed by atoms with Crippen LogP contribution < -0.4 is 0 Å². The van der Waals surface area contributed by atoms with Crippen molar-refractivity contribution >= 4 is 21.9 Å². The number of aryl methyl sites for hydroxylation is 1. The van der Waals surface area contributed by atoms with Crippen LogP contribution in [0.1, 0.15) is 16.4 Å². The summed E-state index contributed by atoms with van der Waals surface area (Å²) in [5, 5.41) is 8.77. The summed E-state index contributed by atoms with van der Waals surface area (Å²) in [6, 6.07) is 7.42. The summed E-state index contributed by atoms with van der Waals surface area (Å²) in [5.41, 5.74) is 1.35. The Bertz CT molecular complexity index is 548. The maximum Gasteiger partial charge on any atom is 0.392 e. The third kappa shape index (κ3) is 1.86. The minimum atomic E-state index is -1.17. The first-order chi connectivity index (χ1) is 7.59. The summed E-state index contributed by atoms with van der Waals surface area (Å²) < 4.78 is 6.04. The van der Waals surface area contributed by atoms with Crippen LogP contribution in [-0.2, 0) is 0 Å². The smallest absolute Gasteiger partial charge is 0.392 e. The fraction of sp³-hybridized carbons (Fsp3) is 0.0909. The number of rotatable bonds is 2. The highest BCUT2D eigenvalue weighted by molar-refractivity contribution is 9.10. The van der Waals surface area contributed by atoms with Crippen molar-refractivity contribution in [1.82, 2.24) is 4.98 Å². The van der Waals surface area contributed by atoms with E-state index < -0.39 is 5.97 Å². The molecule has 0 fully saturated rings. The van der Waals surface area contributed by atoms with Crippen LogP contribution in [-0.4, -0.2) is 16.1 Å². The van der Waals surface area contributed by atoms with Gasteiger partial charge in [0, 0.05) is 10.0 Å². The summed E-state index contributed by atoms with van der Waals surface area (Å²) in [5.74, 6) is -0.977. The van der Waals surface area contributed by atoms with E-state index in [0.717, 1.165) is 10.0 Å². The molecule has 16 heavy (non-hydrogen) atoms. The van der Waals surface area contributed by atoms with Gasteiger partial charge >= 0.3 is 11.9 Å². The summed E-state index contributed by atoms with van der Waals surface area (Å²) in [7, 11) is 0. The molecule has 0 amide bonds. The number of carbonyl (C=O) groups is 1. The number of aromatic carboxylic acids is 1. The van der Waals surface area contributed by atoms with Gasteiger partial charge in [0.25, 0.3) is 0 Å². The van der Waals surface area contributed by atoms with Gasteiger partial charge in [-0.1, -0.05) is 34.1 Å². The molecule has 5 heteroatoms. The zero-order valence-electron chi connectivity index (χ0n) is 8.40. The molecule has 0 spiro atoms. The van der Waals surface area contributed by atoms with Gasteiger partial charge in [-0.15, -0.1) is 0 Å². The Hall–Kier alpha value is -1.62. The van der Waals surface area contributed by atoms with Gasteiger partial charge in [0.1, 0.15) is 0 Å². The van der Waals surface area contributed by atoms with Crippen molar-refractivity contribution in [2.75, 3.05) is 0 Å². The number of carboxylic acids is 1. The van der Waals surface area contributed by atoms with Crippen molar-refractivity contribution in [3.8, 4) is 11.3 Å². The molecular weight excluding hydrogens is 274 g/mol.